The van der Waals surface area contributed by atoms with Crippen LogP contribution in [0.2, 0.25) is 0 Å². The van der Waals surface area contributed by atoms with Crippen LogP contribution in [0, 0.1) is 0 Å². The van der Waals surface area contributed by atoms with Gasteiger partial charge in [-0.05, 0) is 63.1 Å². The Balaban J connectivity index is 1.28. The Morgan fingerprint density at radius 2 is 1.74 bits per heavy atom. The van der Waals surface area contributed by atoms with Crippen LogP contribution in [-0.4, -0.2) is 109 Å². The van der Waals surface area contributed by atoms with Crippen LogP contribution in [0.1, 0.15) is 42.4 Å². The first kappa shape index (κ1) is 29.7. The van der Waals surface area contributed by atoms with Gasteiger partial charge in [-0.3, -0.25) is 19.5 Å². The van der Waals surface area contributed by atoms with Crippen molar-refractivity contribution in [2.75, 3.05) is 81.3 Å². The van der Waals surface area contributed by atoms with Crippen LogP contribution < -0.4 is 26.3 Å². The quantitative estimate of drug-likeness (QED) is 0.361. The molecule has 42 heavy (non-hydrogen) atoms. The highest BCUT2D eigenvalue weighted by Gasteiger charge is 2.29. The van der Waals surface area contributed by atoms with E-state index in [1.807, 2.05) is 29.1 Å². The number of aryl methyl sites for hydroxylation is 1. The van der Waals surface area contributed by atoms with Gasteiger partial charge in [0, 0.05) is 69.8 Å². The van der Waals surface area contributed by atoms with E-state index in [2.05, 4.69) is 56.1 Å². The Kier molecular flexibility index (Phi) is 9.55. The summed E-state index contributed by atoms with van der Waals surface area (Å²) >= 11 is 0. The van der Waals surface area contributed by atoms with E-state index in [0.29, 0.717) is 36.5 Å². The number of carbonyl (C=O) groups is 2. The van der Waals surface area contributed by atoms with Gasteiger partial charge in [-0.15, -0.1) is 0 Å². The SMILES string of the molecule is C=CC(=O)NCN1CCCN1c1nc(Nc2ccc(N3CCC(N4CCN(C)CC4)CC3)cc2)c(C(N)=O)nc1CC. The number of carbonyl (C=O) groups excluding carboxylic acids is 2. The standard InChI is InChI=1S/C30H44N10O2/c1-4-25-30(40-14-6-13-39(40)21-32-26(41)5-2)35-29(27(34-25)28(31)42)33-22-7-9-23(10-8-22)37-15-11-24(12-16-37)38-19-17-36(3)18-20-38/h5,7-10,24H,2,4,6,11-21H2,1,3H3,(H2,31,42)(H,32,41)(H,33,35). The number of aromatic nitrogens is 2. The van der Waals surface area contributed by atoms with Crippen LogP contribution in [-0.2, 0) is 11.2 Å². The molecule has 1 aromatic heterocycles. The average molecular weight is 577 g/mol. The first-order chi connectivity index (χ1) is 20.4. The van der Waals surface area contributed by atoms with Gasteiger partial charge in [0.2, 0.25) is 5.91 Å². The van der Waals surface area contributed by atoms with Crippen molar-refractivity contribution in [1.82, 2.24) is 30.1 Å². The third-order valence-electron chi connectivity index (χ3n) is 8.52. The fraction of sp³-hybridized carbons (Fsp3) is 0.533. The number of piperidine rings is 1. The molecule has 5 rings (SSSR count). The van der Waals surface area contributed by atoms with Crippen molar-refractivity contribution in [3.05, 3.63) is 48.3 Å². The van der Waals surface area contributed by atoms with E-state index in [1.54, 1.807) is 0 Å². The van der Waals surface area contributed by atoms with Gasteiger partial charge >= 0.3 is 0 Å². The number of likely N-dealkylation sites (N-methyl/N-ethyl adjacent to an activating group) is 1. The molecule has 4 heterocycles. The van der Waals surface area contributed by atoms with Gasteiger partial charge in [0.15, 0.2) is 17.3 Å². The number of hydrogen-bond acceptors (Lipinski definition) is 10. The van der Waals surface area contributed by atoms with E-state index in [9.17, 15) is 9.59 Å². The normalized spacial score (nSPS) is 19.2. The Morgan fingerprint density at radius 3 is 2.38 bits per heavy atom. The number of rotatable bonds is 10. The van der Waals surface area contributed by atoms with Crippen molar-refractivity contribution in [2.45, 2.75) is 38.6 Å². The monoisotopic (exact) mass is 576 g/mol. The second kappa shape index (κ2) is 13.5. The van der Waals surface area contributed by atoms with Crippen LogP contribution in [0.25, 0.3) is 0 Å². The minimum absolute atomic E-state index is 0.108. The van der Waals surface area contributed by atoms with E-state index in [-0.39, 0.29) is 11.6 Å². The van der Waals surface area contributed by atoms with Gasteiger partial charge in [0.1, 0.15) is 0 Å². The molecular formula is C30H44N10O2. The Labute approximate surface area is 248 Å². The van der Waals surface area contributed by atoms with Gasteiger partial charge < -0.3 is 26.2 Å². The lowest BCUT2D eigenvalue weighted by Gasteiger charge is -2.42. The van der Waals surface area contributed by atoms with Crippen LogP contribution in [0.3, 0.4) is 0 Å². The minimum atomic E-state index is -0.636. The first-order valence-corrected chi connectivity index (χ1v) is 15.0. The zero-order valence-electron chi connectivity index (χ0n) is 24.9. The molecule has 0 unspecified atom stereocenters. The summed E-state index contributed by atoms with van der Waals surface area (Å²) in [5.41, 5.74) is 8.51. The molecule has 0 aliphatic carbocycles. The van der Waals surface area contributed by atoms with Crippen LogP contribution in [0.5, 0.6) is 0 Å². The van der Waals surface area contributed by atoms with Crippen molar-refractivity contribution in [3.8, 4) is 0 Å². The van der Waals surface area contributed by atoms with Crippen molar-refractivity contribution in [3.63, 3.8) is 0 Å². The zero-order valence-corrected chi connectivity index (χ0v) is 24.9. The van der Waals surface area contributed by atoms with E-state index in [4.69, 9.17) is 10.7 Å². The van der Waals surface area contributed by atoms with E-state index >= 15 is 0 Å². The molecule has 0 saturated carbocycles. The van der Waals surface area contributed by atoms with Crippen molar-refractivity contribution < 1.29 is 9.59 Å². The van der Waals surface area contributed by atoms with E-state index in [0.717, 1.165) is 51.4 Å². The highest BCUT2D eigenvalue weighted by molar-refractivity contribution is 5.96. The topological polar surface area (TPSA) is 126 Å². The molecule has 0 atom stereocenters. The minimum Gasteiger partial charge on any atom is -0.371 e. The first-order valence-electron chi connectivity index (χ1n) is 15.0. The lowest BCUT2D eigenvalue weighted by atomic mass is 10.0. The lowest BCUT2D eigenvalue weighted by molar-refractivity contribution is -0.117. The summed E-state index contributed by atoms with van der Waals surface area (Å²) in [4.78, 5) is 41.2. The molecular weight excluding hydrogens is 532 g/mol. The molecule has 1 aromatic carbocycles. The summed E-state index contributed by atoms with van der Waals surface area (Å²) in [6.45, 7) is 14.0. The van der Waals surface area contributed by atoms with Gasteiger partial charge in [0.25, 0.3) is 5.91 Å². The fourth-order valence-electron chi connectivity index (χ4n) is 6.04. The summed E-state index contributed by atoms with van der Waals surface area (Å²) in [6, 6.07) is 8.92. The summed E-state index contributed by atoms with van der Waals surface area (Å²) in [6.07, 6.45) is 5.09. The molecule has 0 bridgehead atoms. The van der Waals surface area contributed by atoms with Crippen LogP contribution >= 0.6 is 0 Å². The smallest absolute Gasteiger partial charge is 0.271 e. The number of nitrogens with zero attached hydrogens (tertiary/aromatic N) is 7. The number of hydrogen-bond donors (Lipinski definition) is 3. The van der Waals surface area contributed by atoms with Crippen LogP contribution in [0.4, 0.5) is 23.0 Å². The number of hydrazine groups is 1. The Bertz CT molecular complexity index is 1250. The average Bonchev–Trinajstić information content (AvgIpc) is 3.49. The predicted octanol–water partition coefficient (Wildman–Crippen LogP) is 1.78. The van der Waals surface area contributed by atoms with Gasteiger partial charge in [0.05, 0.1) is 12.4 Å². The second-order valence-corrected chi connectivity index (χ2v) is 11.2. The molecule has 2 aromatic rings. The van der Waals surface area contributed by atoms with Gasteiger partial charge in [-0.2, -0.15) is 0 Å². The third-order valence-corrected chi connectivity index (χ3v) is 8.52. The maximum atomic E-state index is 12.4. The summed E-state index contributed by atoms with van der Waals surface area (Å²) < 4.78 is 0. The fourth-order valence-corrected chi connectivity index (χ4v) is 6.04. The molecule has 12 nitrogen and oxygen atoms in total. The number of benzene rings is 1. The largest absolute Gasteiger partial charge is 0.371 e. The molecule has 0 spiro atoms. The summed E-state index contributed by atoms with van der Waals surface area (Å²) in [7, 11) is 2.20. The number of nitrogens with one attached hydrogen (secondary N) is 2. The second-order valence-electron chi connectivity index (χ2n) is 11.2. The van der Waals surface area contributed by atoms with Gasteiger partial charge in [-0.1, -0.05) is 13.5 Å². The lowest BCUT2D eigenvalue weighted by Crippen LogP contribution is -2.52. The van der Waals surface area contributed by atoms with Crippen molar-refractivity contribution >= 4 is 34.8 Å². The number of amides is 2. The number of nitrogens with two attached hydrogens (primary N) is 1. The Morgan fingerprint density at radius 1 is 1.02 bits per heavy atom. The maximum absolute atomic E-state index is 12.4. The van der Waals surface area contributed by atoms with Crippen LogP contribution in [0.15, 0.2) is 36.9 Å². The molecule has 3 aliphatic rings. The number of primary amides is 1. The summed E-state index contributed by atoms with van der Waals surface area (Å²) in [5, 5.41) is 10.2. The highest BCUT2D eigenvalue weighted by Crippen LogP contribution is 2.29. The molecule has 226 valence electrons. The predicted molar refractivity (Wildman–Crippen MR) is 166 cm³/mol. The Hall–Kier alpha value is -3.74. The molecule has 0 radical (unpaired) electrons. The van der Waals surface area contributed by atoms with Crippen molar-refractivity contribution in [2.24, 2.45) is 5.73 Å². The molecule has 3 aliphatic heterocycles. The molecule has 3 saturated heterocycles. The molecule has 3 fully saturated rings. The summed E-state index contributed by atoms with van der Waals surface area (Å²) in [5.74, 6) is 0.0909. The maximum Gasteiger partial charge on any atom is 0.271 e. The third kappa shape index (κ3) is 6.83. The zero-order chi connectivity index (χ0) is 29.6. The number of piperazine rings is 1. The van der Waals surface area contributed by atoms with E-state index < -0.39 is 5.91 Å². The molecule has 12 heteroatoms. The molecule has 2 amide bonds. The molecule has 4 N–H and O–H groups in total. The van der Waals surface area contributed by atoms with E-state index in [1.165, 1.54) is 37.7 Å². The number of anilines is 4. The van der Waals surface area contributed by atoms with Crippen molar-refractivity contribution in [1.29, 1.82) is 0 Å². The highest BCUT2D eigenvalue weighted by atomic mass is 16.2. The van der Waals surface area contributed by atoms with Gasteiger partial charge in [-0.25, -0.2) is 15.0 Å².